The highest BCUT2D eigenvalue weighted by molar-refractivity contribution is 9.10. The minimum Gasteiger partial charge on any atom is -0.323 e. The van der Waals surface area contributed by atoms with Crippen molar-refractivity contribution in [1.82, 2.24) is 10.2 Å². The molecule has 1 atom stereocenters. The summed E-state index contributed by atoms with van der Waals surface area (Å²) in [6, 6.07) is 3.63. The summed E-state index contributed by atoms with van der Waals surface area (Å²) in [5.41, 5.74) is 6.35. The molecular weight excluding hydrogens is 194 g/mol. The molecule has 10 heavy (non-hydrogen) atoms. The van der Waals surface area contributed by atoms with Crippen molar-refractivity contribution in [3.05, 3.63) is 22.4 Å². The number of rotatable bonds is 1. The lowest BCUT2D eigenvalue weighted by Crippen LogP contribution is -2.07. The molecule has 0 amide bonds. The van der Waals surface area contributed by atoms with Crippen LogP contribution in [0.5, 0.6) is 0 Å². The summed E-state index contributed by atoms with van der Waals surface area (Å²) in [5, 5.41) is 7.64. The minimum atomic E-state index is -0.0411. The molecule has 1 rings (SSSR count). The van der Waals surface area contributed by atoms with Crippen LogP contribution < -0.4 is 5.73 Å². The van der Waals surface area contributed by atoms with Crippen LogP contribution in [0.25, 0.3) is 0 Å². The monoisotopic (exact) mass is 201 g/mol. The normalized spacial score (nSPS) is 13.1. The first kappa shape index (κ1) is 7.63. The van der Waals surface area contributed by atoms with Gasteiger partial charge in [-0.1, -0.05) is 0 Å². The van der Waals surface area contributed by atoms with Crippen molar-refractivity contribution in [3.63, 3.8) is 0 Å². The number of aromatic nitrogens is 2. The Morgan fingerprint density at radius 3 is 2.60 bits per heavy atom. The lowest BCUT2D eigenvalue weighted by molar-refractivity contribution is 0.748. The zero-order chi connectivity index (χ0) is 7.56. The second-order valence-electron chi connectivity index (χ2n) is 2.07. The lowest BCUT2D eigenvalue weighted by Gasteiger charge is -2.00. The first-order valence-corrected chi connectivity index (χ1v) is 3.74. The predicted octanol–water partition coefficient (Wildman–Crippen LogP) is 1.26. The van der Waals surface area contributed by atoms with E-state index < -0.39 is 0 Å². The third-order valence-corrected chi connectivity index (χ3v) is 1.54. The molecule has 0 unspecified atom stereocenters. The van der Waals surface area contributed by atoms with Crippen molar-refractivity contribution in [2.75, 3.05) is 0 Å². The van der Waals surface area contributed by atoms with E-state index in [1.54, 1.807) is 0 Å². The highest BCUT2D eigenvalue weighted by Gasteiger charge is 1.99. The van der Waals surface area contributed by atoms with Crippen LogP contribution in [0.1, 0.15) is 18.7 Å². The van der Waals surface area contributed by atoms with E-state index >= 15 is 0 Å². The number of nitrogens with two attached hydrogens (primary N) is 1. The van der Waals surface area contributed by atoms with Gasteiger partial charge in [0.1, 0.15) is 4.60 Å². The predicted molar refractivity (Wildman–Crippen MR) is 42.3 cm³/mol. The van der Waals surface area contributed by atoms with Crippen LogP contribution in [0, 0.1) is 0 Å². The summed E-state index contributed by atoms with van der Waals surface area (Å²) in [4.78, 5) is 0. The van der Waals surface area contributed by atoms with Crippen LogP contribution >= 0.6 is 15.9 Å². The maximum atomic E-state index is 5.55. The first-order chi connectivity index (χ1) is 4.70. The summed E-state index contributed by atoms with van der Waals surface area (Å²) in [6.07, 6.45) is 0. The molecule has 0 aliphatic rings. The second-order valence-corrected chi connectivity index (χ2v) is 2.88. The summed E-state index contributed by atoms with van der Waals surface area (Å²) < 4.78 is 0.733. The Morgan fingerprint density at radius 2 is 2.20 bits per heavy atom. The molecule has 2 N–H and O–H groups in total. The number of halogens is 1. The second kappa shape index (κ2) is 3.07. The van der Waals surface area contributed by atoms with Gasteiger partial charge in [0.15, 0.2) is 0 Å². The quantitative estimate of drug-likeness (QED) is 0.745. The van der Waals surface area contributed by atoms with Gasteiger partial charge in [-0.05, 0) is 35.0 Å². The summed E-state index contributed by atoms with van der Waals surface area (Å²) in [7, 11) is 0. The summed E-state index contributed by atoms with van der Waals surface area (Å²) in [5.74, 6) is 0. The molecule has 54 valence electrons. The van der Waals surface area contributed by atoms with E-state index in [1.165, 1.54) is 0 Å². The highest BCUT2D eigenvalue weighted by Crippen LogP contribution is 2.07. The van der Waals surface area contributed by atoms with Crippen molar-refractivity contribution < 1.29 is 0 Å². The van der Waals surface area contributed by atoms with Crippen LogP contribution in [0.3, 0.4) is 0 Å². The standard InChI is InChI=1S/C6H8BrN3/c1-4(8)5-2-3-6(7)10-9-5/h2-4H,8H2,1H3/t4-/m1/s1. The third kappa shape index (κ3) is 1.75. The van der Waals surface area contributed by atoms with Crippen LogP contribution in [-0.4, -0.2) is 10.2 Å². The molecule has 0 aromatic carbocycles. The Kier molecular flexibility index (Phi) is 2.34. The Bertz CT molecular complexity index is 207. The molecular formula is C6H8BrN3. The van der Waals surface area contributed by atoms with Crippen LogP contribution in [0.15, 0.2) is 16.7 Å². The molecule has 0 saturated heterocycles. The van der Waals surface area contributed by atoms with Gasteiger partial charge in [-0.25, -0.2) is 0 Å². The van der Waals surface area contributed by atoms with Gasteiger partial charge in [0, 0.05) is 6.04 Å². The molecule has 0 saturated carbocycles. The fourth-order valence-electron chi connectivity index (χ4n) is 0.569. The van der Waals surface area contributed by atoms with E-state index in [0.29, 0.717) is 0 Å². The fourth-order valence-corrected chi connectivity index (χ4v) is 0.781. The average molecular weight is 202 g/mol. The topological polar surface area (TPSA) is 51.8 Å². The van der Waals surface area contributed by atoms with E-state index in [0.717, 1.165) is 10.3 Å². The number of hydrogen-bond acceptors (Lipinski definition) is 3. The molecule has 0 aliphatic carbocycles. The Morgan fingerprint density at radius 1 is 1.50 bits per heavy atom. The third-order valence-electron chi connectivity index (χ3n) is 1.12. The van der Waals surface area contributed by atoms with Crippen molar-refractivity contribution >= 4 is 15.9 Å². The molecule has 4 heteroatoms. The Labute approximate surface area is 67.8 Å². The van der Waals surface area contributed by atoms with Crippen molar-refractivity contribution in [1.29, 1.82) is 0 Å². The molecule has 0 aliphatic heterocycles. The Hall–Kier alpha value is -0.480. The molecule has 1 aromatic rings. The maximum Gasteiger partial charge on any atom is 0.128 e. The smallest absolute Gasteiger partial charge is 0.128 e. The lowest BCUT2D eigenvalue weighted by atomic mass is 10.2. The van der Waals surface area contributed by atoms with E-state index in [9.17, 15) is 0 Å². The minimum absolute atomic E-state index is 0.0411. The van der Waals surface area contributed by atoms with Crippen molar-refractivity contribution in [2.24, 2.45) is 5.73 Å². The largest absolute Gasteiger partial charge is 0.323 e. The van der Waals surface area contributed by atoms with E-state index in [2.05, 4.69) is 26.1 Å². The maximum absolute atomic E-state index is 5.55. The van der Waals surface area contributed by atoms with Gasteiger partial charge >= 0.3 is 0 Å². The van der Waals surface area contributed by atoms with Gasteiger partial charge < -0.3 is 5.73 Å². The van der Waals surface area contributed by atoms with Crippen LogP contribution in [-0.2, 0) is 0 Å². The zero-order valence-electron chi connectivity index (χ0n) is 5.58. The summed E-state index contributed by atoms with van der Waals surface area (Å²) in [6.45, 7) is 1.87. The van der Waals surface area contributed by atoms with Crippen LogP contribution in [0.2, 0.25) is 0 Å². The molecule has 1 aromatic heterocycles. The van der Waals surface area contributed by atoms with Gasteiger partial charge in [-0.3, -0.25) is 0 Å². The van der Waals surface area contributed by atoms with Gasteiger partial charge in [-0.15, -0.1) is 5.10 Å². The molecule has 0 radical (unpaired) electrons. The average Bonchev–Trinajstić information content (AvgIpc) is 1.88. The van der Waals surface area contributed by atoms with Gasteiger partial charge in [0.2, 0.25) is 0 Å². The van der Waals surface area contributed by atoms with Crippen molar-refractivity contribution in [3.8, 4) is 0 Å². The number of hydrogen-bond donors (Lipinski definition) is 1. The van der Waals surface area contributed by atoms with E-state index in [4.69, 9.17) is 5.73 Å². The van der Waals surface area contributed by atoms with Gasteiger partial charge in [0.05, 0.1) is 5.69 Å². The molecule has 0 spiro atoms. The summed E-state index contributed by atoms with van der Waals surface area (Å²) >= 11 is 3.18. The molecule has 3 nitrogen and oxygen atoms in total. The fraction of sp³-hybridized carbons (Fsp3) is 0.333. The SMILES string of the molecule is C[C@@H](N)c1ccc(Br)nn1. The first-order valence-electron chi connectivity index (χ1n) is 2.95. The van der Waals surface area contributed by atoms with E-state index in [1.807, 2.05) is 19.1 Å². The Balaban J connectivity index is 2.89. The van der Waals surface area contributed by atoms with Crippen molar-refractivity contribution in [2.45, 2.75) is 13.0 Å². The highest BCUT2D eigenvalue weighted by atomic mass is 79.9. The molecule has 0 bridgehead atoms. The van der Waals surface area contributed by atoms with Gasteiger partial charge in [0.25, 0.3) is 0 Å². The molecule has 1 heterocycles. The number of nitrogens with zero attached hydrogens (tertiary/aromatic N) is 2. The van der Waals surface area contributed by atoms with Crippen LogP contribution in [0.4, 0.5) is 0 Å². The van der Waals surface area contributed by atoms with Gasteiger partial charge in [-0.2, -0.15) is 5.10 Å². The van der Waals surface area contributed by atoms with E-state index in [-0.39, 0.29) is 6.04 Å². The molecule has 0 fully saturated rings. The zero-order valence-corrected chi connectivity index (χ0v) is 7.17.